The second kappa shape index (κ2) is 8.05. The molecule has 1 aromatic rings. The maximum absolute atomic E-state index is 11.3. The maximum atomic E-state index is 11.3. The van der Waals surface area contributed by atoms with Crippen molar-refractivity contribution in [3.63, 3.8) is 0 Å². The van der Waals surface area contributed by atoms with Gasteiger partial charge in [0, 0.05) is 22.2 Å². The number of thiazole rings is 1. The molecule has 0 aromatic carbocycles. The molecular formula is C15H20N4O4S2. The predicted molar refractivity (Wildman–Crippen MR) is 96.0 cm³/mol. The topological polar surface area (TPSA) is 106 Å². The quantitative estimate of drug-likeness (QED) is 0.385. The van der Waals surface area contributed by atoms with E-state index in [1.165, 1.54) is 0 Å². The number of amides is 2. The van der Waals surface area contributed by atoms with Crippen LogP contribution in [0.4, 0.5) is 4.79 Å². The number of carbonyl (C=O) groups excluding carboxylic acids is 1. The molecule has 0 aliphatic carbocycles. The molecule has 136 valence electrons. The molecule has 2 aliphatic heterocycles. The number of urea groups is 1. The van der Waals surface area contributed by atoms with E-state index in [0.717, 1.165) is 47.0 Å². The Hall–Kier alpha value is -1.81. The first-order chi connectivity index (χ1) is 12.0. The van der Waals surface area contributed by atoms with Gasteiger partial charge in [-0.1, -0.05) is 6.42 Å². The van der Waals surface area contributed by atoms with E-state index in [1.54, 1.807) is 23.1 Å². The molecule has 1 saturated heterocycles. The van der Waals surface area contributed by atoms with Gasteiger partial charge in [0.1, 0.15) is 6.61 Å². The van der Waals surface area contributed by atoms with Crippen LogP contribution >= 0.6 is 23.1 Å². The molecule has 25 heavy (non-hydrogen) atoms. The van der Waals surface area contributed by atoms with Crippen molar-refractivity contribution in [3.05, 3.63) is 36.8 Å². The number of thioether (sulfide) groups is 1. The van der Waals surface area contributed by atoms with E-state index in [0.29, 0.717) is 11.7 Å². The molecule has 0 radical (unpaired) electrons. The van der Waals surface area contributed by atoms with Crippen molar-refractivity contribution >= 4 is 29.1 Å². The molecule has 2 unspecified atom stereocenters. The van der Waals surface area contributed by atoms with Crippen LogP contribution in [0.1, 0.15) is 34.8 Å². The highest BCUT2D eigenvalue weighted by atomic mass is 32.2. The van der Waals surface area contributed by atoms with Crippen LogP contribution in [0.5, 0.6) is 0 Å². The minimum atomic E-state index is -0.763. The number of carbonyl (C=O) groups is 1. The SMILES string of the molecule is Cc1nc(CCCCC2SC=C3NC(=O)NC32)sc1CCO[N+](=O)[O-]. The van der Waals surface area contributed by atoms with E-state index >= 15 is 0 Å². The molecule has 2 atom stereocenters. The van der Waals surface area contributed by atoms with Gasteiger partial charge >= 0.3 is 6.03 Å². The van der Waals surface area contributed by atoms with Crippen molar-refractivity contribution in [1.29, 1.82) is 0 Å². The molecule has 3 heterocycles. The molecule has 0 saturated carbocycles. The number of fused-ring (bicyclic) bond motifs is 1. The van der Waals surface area contributed by atoms with Gasteiger partial charge in [0.2, 0.25) is 0 Å². The first kappa shape index (κ1) is 18.0. The number of nitrogens with zero attached hydrogens (tertiary/aromatic N) is 2. The molecule has 2 N–H and O–H groups in total. The van der Waals surface area contributed by atoms with Crippen LogP contribution in [0, 0.1) is 17.0 Å². The van der Waals surface area contributed by atoms with Crippen LogP contribution in [-0.4, -0.2) is 34.0 Å². The zero-order valence-electron chi connectivity index (χ0n) is 13.8. The van der Waals surface area contributed by atoms with Crippen LogP contribution in [0.25, 0.3) is 0 Å². The van der Waals surface area contributed by atoms with Crippen molar-refractivity contribution in [2.75, 3.05) is 6.61 Å². The van der Waals surface area contributed by atoms with Gasteiger partial charge in [-0.25, -0.2) is 9.78 Å². The minimum Gasteiger partial charge on any atom is -0.328 e. The number of hydrogen-bond donors (Lipinski definition) is 2. The Labute approximate surface area is 153 Å². The lowest BCUT2D eigenvalue weighted by Crippen LogP contribution is -2.33. The van der Waals surface area contributed by atoms with Gasteiger partial charge in [-0.3, -0.25) is 0 Å². The third-order valence-corrected chi connectivity index (χ3v) is 6.74. The Bertz CT molecular complexity index is 691. The molecule has 0 spiro atoms. The van der Waals surface area contributed by atoms with E-state index in [4.69, 9.17) is 0 Å². The summed E-state index contributed by atoms with van der Waals surface area (Å²) in [7, 11) is 0. The summed E-state index contributed by atoms with van der Waals surface area (Å²) in [6, 6.07) is 0.0289. The molecule has 3 rings (SSSR count). The normalized spacial score (nSPS) is 21.5. The Morgan fingerprint density at radius 1 is 1.40 bits per heavy atom. The first-order valence-corrected chi connectivity index (χ1v) is 9.94. The highest BCUT2D eigenvalue weighted by Crippen LogP contribution is 2.34. The van der Waals surface area contributed by atoms with Crippen molar-refractivity contribution in [1.82, 2.24) is 15.6 Å². The number of rotatable bonds is 9. The predicted octanol–water partition coefficient (Wildman–Crippen LogP) is 2.55. The summed E-state index contributed by atoms with van der Waals surface area (Å²) in [5, 5.41) is 18.7. The fraction of sp³-hybridized carbons (Fsp3) is 0.600. The molecule has 1 aromatic heterocycles. The Kier molecular flexibility index (Phi) is 5.79. The van der Waals surface area contributed by atoms with Gasteiger partial charge in [0.25, 0.3) is 5.09 Å². The van der Waals surface area contributed by atoms with Crippen molar-refractivity contribution in [3.8, 4) is 0 Å². The minimum absolute atomic E-state index is 0.0743. The summed E-state index contributed by atoms with van der Waals surface area (Å²) in [5.74, 6) is 0. The summed E-state index contributed by atoms with van der Waals surface area (Å²) in [5.41, 5.74) is 1.93. The highest BCUT2D eigenvalue weighted by Gasteiger charge is 2.36. The first-order valence-electron chi connectivity index (χ1n) is 8.18. The molecule has 1 fully saturated rings. The number of hydrogen-bond acceptors (Lipinski definition) is 7. The zero-order chi connectivity index (χ0) is 17.8. The van der Waals surface area contributed by atoms with Crippen LogP contribution in [-0.2, 0) is 17.7 Å². The number of aromatic nitrogens is 1. The molecule has 10 heteroatoms. The van der Waals surface area contributed by atoms with Gasteiger partial charge < -0.3 is 15.5 Å². The molecular weight excluding hydrogens is 364 g/mol. The molecule has 0 bridgehead atoms. The lowest BCUT2D eigenvalue weighted by atomic mass is 10.1. The molecule has 2 aliphatic rings. The lowest BCUT2D eigenvalue weighted by Gasteiger charge is -2.15. The van der Waals surface area contributed by atoms with E-state index in [-0.39, 0.29) is 18.7 Å². The van der Waals surface area contributed by atoms with Crippen molar-refractivity contribution < 1.29 is 14.7 Å². The average molecular weight is 384 g/mol. The van der Waals surface area contributed by atoms with Gasteiger partial charge in [-0.05, 0) is 31.6 Å². The summed E-state index contributed by atoms with van der Waals surface area (Å²) in [4.78, 5) is 31.5. The fourth-order valence-electron chi connectivity index (χ4n) is 3.00. The van der Waals surface area contributed by atoms with Gasteiger partial charge in [-0.15, -0.1) is 33.2 Å². The average Bonchev–Trinajstić information content (AvgIpc) is 3.19. The van der Waals surface area contributed by atoms with E-state index < -0.39 is 5.09 Å². The van der Waals surface area contributed by atoms with Crippen LogP contribution in [0.15, 0.2) is 11.1 Å². The third kappa shape index (κ3) is 4.63. The second-order valence-electron chi connectivity index (χ2n) is 5.99. The number of nitrogens with one attached hydrogen (secondary N) is 2. The smallest absolute Gasteiger partial charge is 0.319 e. The molecule has 2 amide bonds. The standard InChI is InChI=1S/C15H20N4O4S2/c1-9-11(6-7-23-19(21)22)25-13(16-9)5-3-2-4-12-14-10(8-24-12)17-15(20)18-14/h8,12,14H,2-7H2,1H3,(H2,17,18,20). The molecule has 8 nitrogen and oxygen atoms in total. The monoisotopic (exact) mass is 384 g/mol. The van der Waals surface area contributed by atoms with Crippen LogP contribution in [0.2, 0.25) is 0 Å². The number of aryl methyl sites for hydroxylation is 2. The fourth-order valence-corrected chi connectivity index (χ4v) is 5.29. The van der Waals surface area contributed by atoms with Crippen molar-refractivity contribution in [2.24, 2.45) is 0 Å². The summed E-state index contributed by atoms with van der Waals surface area (Å²) in [6.45, 7) is 2.00. The van der Waals surface area contributed by atoms with Crippen molar-refractivity contribution in [2.45, 2.75) is 50.3 Å². The van der Waals surface area contributed by atoms with E-state index in [2.05, 4.69) is 20.5 Å². The summed E-state index contributed by atoms with van der Waals surface area (Å²) < 4.78 is 0. The Morgan fingerprint density at radius 2 is 2.24 bits per heavy atom. The Morgan fingerprint density at radius 3 is 3.04 bits per heavy atom. The van der Waals surface area contributed by atoms with Gasteiger partial charge in [0.15, 0.2) is 0 Å². The Balaban J connectivity index is 1.38. The van der Waals surface area contributed by atoms with Crippen LogP contribution < -0.4 is 10.6 Å². The second-order valence-corrected chi connectivity index (χ2v) is 8.27. The van der Waals surface area contributed by atoms with Gasteiger partial charge in [0.05, 0.1) is 16.7 Å². The largest absolute Gasteiger partial charge is 0.328 e. The maximum Gasteiger partial charge on any atom is 0.319 e. The van der Waals surface area contributed by atoms with Gasteiger partial charge in [-0.2, -0.15) is 0 Å². The summed E-state index contributed by atoms with van der Waals surface area (Å²) >= 11 is 3.39. The third-order valence-electron chi connectivity index (χ3n) is 4.21. The van der Waals surface area contributed by atoms with E-state index in [1.807, 2.05) is 12.3 Å². The van der Waals surface area contributed by atoms with E-state index in [9.17, 15) is 14.9 Å². The lowest BCUT2D eigenvalue weighted by molar-refractivity contribution is -0.757. The van der Waals surface area contributed by atoms with Crippen LogP contribution in [0.3, 0.4) is 0 Å². The number of unbranched alkanes of at least 4 members (excludes halogenated alkanes) is 1. The summed E-state index contributed by atoms with van der Waals surface area (Å²) in [6.07, 6.45) is 4.59. The highest BCUT2D eigenvalue weighted by molar-refractivity contribution is 8.03. The zero-order valence-corrected chi connectivity index (χ0v) is 15.5.